The first kappa shape index (κ1) is 14.8. The van der Waals surface area contributed by atoms with E-state index in [1.54, 1.807) is 35.0 Å². The Morgan fingerprint density at radius 2 is 2.10 bits per heavy atom. The number of hydrogen-bond acceptors (Lipinski definition) is 4. The molecule has 0 unspecified atom stereocenters. The van der Waals surface area contributed by atoms with Gasteiger partial charge in [0.05, 0.1) is 18.4 Å². The highest BCUT2D eigenvalue weighted by Gasteiger charge is 2.14. The highest BCUT2D eigenvalue weighted by atomic mass is 16.5. The molecule has 6 heteroatoms. The molecule has 0 aliphatic carbocycles. The van der Waals surface area contributed by atoms with E-state index in [-0.39, 0.29) is 5.91 Å². The molecule has 1 heterocycles. The van der Waals surface area contributed by atoms with Gasteiger partial charge in [-0.05, 0) is 38.1 Å². The molecular formula is C15H17N3O3. The number of anilines is 1. The number of carbonyl (C=O) groups excluding carboxylic acids is 2. The van der Waals surface area contributed by atoms with Crippen LogP contribution in [0.4, 0.5) is 5.69 Å². The number of hydrogen-bond donors (Lipinski definition) is 1. The molecule has 0 aliphatic heterocycles. The van der Waals surface area contributed by atoms with E-state index in [1.165, 1.54) is 7.11 Å². The van der Waals surface area contributed by atoms with Crippen LogP contribution in [0.1, 0.15) is 33.5 Å². The van der Waals surface area contributed by atoms with Gasteiger partial charge in [-0.1, -0.05) is 6.07 Å². The standard InChI is InChI=1S/C15H17N3O3/c1-4-18-13(8-10(2)17-18)14(19)16-12-7-5-6-11(9-12)15(20)21-3/h5-9H,4H2,1-3H3,(H,16,19). The van der Waals surface area contributed by atoms with E-state index >= 15 is 0 Å². The van der Waals surface area contributed by atoms with Crippen molar-refractivity contribution in [1.82, 2.24) is 9.78 Å². The molecule has 0 aliphatic rings. The monoisotopic (exact) mass is 287 g/mol. The van der Waals surface area contributed by atoms with Gasteiger partial charge < -0.3 is 10.1 Å². The van der Waals surface area contributed by atoms with E-state index in [4.69, 9.17) is 0 Å². The SMILES string of the molecule is CCn1nc(C)cc1C(=O)Nc1cccc(C(=O)OC)c1. The first-order chi connectivity index (χ1) is 10.0. The predicted molar refractivity (Wildman–Crippen MR) is 78.4 cm³/mol. The number of methoxy groups -OCH3 is 1. The van der Waals surface area contributed by atoms with E-state index in [9.17, 15) is 9.59 Å². The maximum atomic E-state index is 12.3. The van der Waals surface area contributed by atoms with E-state index in [2.05, 4.69) is 15.2 Å². The van der Waals surface area contributed by atoms with Crippen LogP contribution in [0.25, 0.3) is 0 Å². The van der Waals surface area contributed by atoms with Crippen molar-refractivity contribution in [2.75, 3.05) is 12.4 Å². The quantitative estimate of drug-likeness (QED) is 0.875. The minimum absolute atomic E-state index is 0.264. The highest BCUT2D eigenvalue weighted by Crippen LogP contribution is 2.14. The summed E-state index contributed by atoms with van der Waals surface area (Å²) >= 11 is 0. The second-order valence-corrected chi connectivity index (χ2v) is 4.51. The highest BCUT2D eigenvalue weighted by molar-refractivity contribution is 6.03. The summed E-state index contributed by atoms with van der Waals surface area (Å²) in [6.45, 7) is 4.36. The number of ether oxygens (including phenoxy) is 1. The number of nitrogens with zero attached hydrogens (tertiary/aromatic N) is 2. The molecule has 110 valence electrons. The molecule has 0 spiro atoms. The summed E-state index contributed by atoms with van der Waals surface area (Å²) in [7, 11) is 1.32. The van der Waals surface area contributed by atoms with E-state index in [1.807, 2.05) is 13.8 Å². The second-order valence-electron chi connectivity index (χ2n) is 4.51. The molecule has 0 fully saturated rings. The van der Waals surface area contributed by atoms with Gasteiger partial charge >= 0.3 is 5.97 Å². The molecule has 0 saturated carbocycles. The summed E-state index contributed by atoms with van der Waals surface area (Å²) < 4.78 is 6.29. The number of aryl methyl sites for hydroxylation is 2. The van der Waals surface area contributed by atoms with E-state index in [0.717, 1.165) is 5.69 Å². The van der Waals surface area contributed by atoms with Gasteiger partial charge in [0, 0.05) is 12.2 Å². The average Bonchev–Trinajstić information content (AvgIpc) is 2.88. The van der Waals surface area contributed by atoms with Crippen molar-refractivity contribution >= 4 is 17.6 Å². The predicted octanol–water partition coefficient (Wildman–Crippen LogP) is 2.25. The van der Waals surface area contributed by atoms with Gasteiger partial charge in [0.1, 0.15) is 5.69 Å². The van der Waals surface area contributed by atoms with Crippen molar-refractivity contribution in [1.29, 1.82) is 0 Å². The van der Waals surface area contributed by atoms with Crippen LogP contribution in [0, 0.1) is 6.92 Å². The lowest BCUT2D eigenvalue weighted by Crippen LogP contribution is -2.17. The summed E-state index contributed by atoms with van der Waals surface area (Å²) in [6.07, 6.45) is 0. The number of aromatic nitrogens is 2. The lowest BCUT2D eigenvalue weighted by Gasteiger charge is -2.07. The van der Waals surface area contributed by atoms with Crippen LogP contribution >= 0.6 is 0 Å². The number of carbonyl (C=O) groups is 2. The maximum Gasteiger partial charge on any atom is 0.337 e. The van der Waals surface area contributed by atoms with Crippen molar-refractivity contribution in [3.63, 3.8) is 0 Å². The smallest absolute Gasteiger partial charge is 0.337 e. The zero-order valence-corrected chi connectivity index (χ0v) is 12.2. The Kier molecular flexibility index (Phi) is 4.37. The molecule has 2 aromatic rings. The van der Waals surface area contributed by atoms with Crippen LogP contribution in [0.3, 0.4) is 0 Å². The molecule has 1 N–H and O–H groups in total. The first-order valence-electron chi connectivity index (χ1n) is 6.59. The van der Waals surface area contributed by atoms with Crippen molar-refractivity contribution in [2.24, 2.45) is 0 Å². The van der Waals surface area contributed by atoms with Crippen LogP contribution in [0.5, 0.6) is 0 Å². The van der Waals surface area contributed by atoms with Gasteiger partial charge in [-0.25, -0.2) is 4.79 Å². The number of amides is 1. The number of benzene rings is 1. The normalized spacial score (nSPS) is 10.2. The van der Waals surface area contributed by atoms with Crippen LogP contribution in [0.15, 0.2) is 30.3 Å². The van der Waals surface area contributed by atoms with E-state index in [0.29, 0.717) is 23.5 Å². The molecular weight excluding hydrogens is 270 g/mol. The Morgan fingerprint density at radius 3 is 2.76 bits per heavy atom. The Balaban J connectivity index is 2.21. The Morgan fingerprint density at radius 1 is 1.33 bits per heavy atom. The van der Waals surface area contributed by atoms with Crippen molar-refractivity contribution in [3.05, 3.63) is 47.3 Å². The lowest BCUT2D eigenvalue weighted by molar-refractivity contribution is 0.0600. The zero-order valence-electron chi connectivity index (χ0n) is 12.2. The molecule has 0 atom stereocenters. The molecule has 1 aromatic heterocycles. The zero-order chi connectivity index (χ0) is 15.4. The van der Waals surface area contributed by atoms with Crippen molar-refractivity contribution < 1.29 is 14.3 Å². The van der Waals surface area contributed by atoms with Gasteiger partial charge in [0.2, 0.25) is 0 Å². The molecule has 21 heavy (non-hydrogen) atoms. The Labute approximate surface area is 122 Å². The lowest BCUT2D eigenvalue weighted by atomic mass is 10.2. The molecule has 1 amide bonds. The molecule has 2 rings (SSSR count). The summed E-state index contributed by atoms with van der Waals surface area (Å²) in [4.78, 5) is 23.7. The summed E-state index contributed by atoms with van der Waals surface area (Å²) in [5.41, 5.74) is 2.18. The minimum atomic E-state index is -0.444. The van der Waals surface area contributed by atoms with Gasteiger partial charge in [-0.2, -0.15) is 5.10 Å². The fraction of sp³-hybridized carbons (Fsp3) is 0.267. The molecule has 0 bridgehead atoms. The molecule has 1 aromatic carbocycles. The molecule has 0 saturated heterocycles. The summed E-state index contributed by atoms with van der Waals surface area (Å²) in [5.74, 6) is -0.708. The Hall–Kier alpha value is -2.63. The van der Waals surface area contributed by atoms with Crippen LogP contribution in [0.2, 0.25) is 0 Å². The van der Waals surface area contributed by atoms with Gasteiger partial charge in [-0.3, -0.25) is 9.48 Å². The summed E-state index contributed by atoms with van der Waals surface area (Å²) in [5, 5.41) is 6.99. The van der Waals surface area contributed by atoms with Crippen LogP contribution in [-0.2, 0) is 11.3 Å². The van der Waals surface area contributed by atoms with Gasteiger partial charge in [-0.15, -0.1) is 0 Å². The van der Waals surface area contributed by atoms with Crippen molar-refractivity contribution in [3.8, 4) is 0 Å². The van der Waals surface area contributed by atoms with Crippen LogP contribution < -0.4 is 5.32 Å². The molecule has 0 radical (unpaired) electrons. The fourth-order valence-corrected chi connectivity index (χ4v) is 2.01. The molecule has 6 nitrogen and oxygen atoms in total. The maximum absolute atomic E-state index is 12.3. The number of rotatable bonds is 4. The van der Waals surface area contributed by atoms with E-state index < -0.39 is 5.97 Å². The van der Waals surface area contributed by atoms with Crippen molar-refractivity contribution in [2.45, 2.75) is 20.4 Å². The number of nitrogens with one attached hydrogen (secondary N) is 1. The fourth-order valence-electron chi connectivity index (χ4n) is 2.01. The van der Waals surface area contributed by atoms with Gasteiger partial charge in [0.15, 0.2) is 0 Å². The third kappa shape index (κ3) is 3.28. The number of esters is 1. The van der Waals surface area contributed by atoms with Gasteiger partial charge in [0.25, 0.3) is 5.91 Å². The topological polar surface area (TPSA) is 73.2 Å². The average molecular weight is 287 g/mol. The van der Waals surface area contributed by atoms with Crippen LogP contribution in [-0.4, -0.2) is 28.8 Å². The summed E-state index contributed by atoms with van der Waals surface area (Å²) in [6, 6.07) is 8.32. The minimum Gasteiger partial charge on any atom is -0.465 e. The third-order valence-corrected chi connectivity index (χ3v) is 2.98. The third-order valence-electron chi connectivity index (χ3n) is 2.98. The second kappa shape index (κ2) is 6.21. The Bertz CT molecular complexity index is 677. The largest absolute Gasteiger partial charge is 0.465 e. The first-order valence-corrected chi connectivity index (χ1v) is 6.59.